The van der Waals surface area contributed by atoms with Crippen molar-refractivity contribution in [3.05, 3.63) is 36.4 Å². The van der Waals surface area contributed by atoms with Gasteiger partial charge in [0, 0.05) is 12.4 Å². The lowest BCUT2D eigenvalue weighted by molar-refractivity contribution is 0.0933. The van der Waals surface area contributed by atoms with Gasteiger partial charge in [-0.2, -0.15) is 5.10 Å². The highest BCUT2D eigenvalue weighted by molar-refractivity contribution is 5.92. The van der Waals surface area contributed by atoms with Crippen LogP contribution in [0.2, 0.25) is 0 Å². The minimum Gasteiger partial charge on any atom is -0.341 e. The Morgan fingerprint density at radius 1 is 1.44 bits per heavy atom. The van der Waals surface area contributed by atoms with E-state index < -0.39 is 0 Å². The van der Waals surface area contributed by atoms with Crippen molar-refractivity contribution in [1.82, 2.24) is 30.5 Å². The van der Waals surface area contributed by atoms with Gasteiger partial charge in [-0.1, -0.05) is 0 Å². The van der Waals surface area contributed by atoms with E-state index in [2.05, 4.69) is 30.5 Å². The van der Waals surface area contributed by atoms with Gasteiger partial charge in [-0.05, 0) is 6.92 Å². The number of hydrogen-bond donors (Lipinski definition) is 2. The van der Waals surface area contributed by atoms with Crippen LogP contribution >= 0.6 is 0 Å². The van der Waals surface area contributed by atoms with Gasteiger partial charge in [-0.25, -0.2) is 9.97 Å². The van der Waals surface area contributed by atoms with Gasteiger partial charge in [-0.15, -0.1) is 0 Å². The summed E-state index contributed by atoms with van der Waals surface area (Å²) in [6, 6.07) is -0.253. The van der Waals surface area contributed by atoms with Crippen molar-refractivity contribution >= 4 is 5.91 Å². The molecule has 0 saturated heterocycles. The predicted octanol–water partition coefficient (Wildman–Crippen LogP) is 0.0857. The van der Waals surface area contributed by atoms with Crippen molar-refractivity contribution in [3.63, 3.8) is 0 Å². The van der Waals surface area contributed by atoms with Crippen LogP contribution in [0.15, 0.2) is 24.9 Å². The molecule has 2 rings (SSSR count). The van der Waals surface area contributed by atoms with Crippen LogP contribution in [0.5, 0.6) is 0 Å². The maximum Gasteiger partial charge on any atom is 0.272 e. The van der Waals surface area contributed by atoms with Crippen molar-refractivity contribution in [2.45, 2.75) is 13.0 Å². The maximum absolute atomic E-state index is 11.7. The van der Waals surface area contributed by atoms with Crippen LogP contribution in [-0.2, 0) is 0 Å². The SMILES string of the molecule is CC(NC(=O)c1cnccn1)c1ncn[nH]1. The molecule has 7 nitrogen and oxygen atoms in total. The second-order valence-electron chi connectivity index (χ2n) is 3.16. The first kappa shape index (κ1) is 10.2. The van der Waals surface area contributed by atoms with Gasteiger partial charge in [0.1, 0.15) is 17.8 Å². The van der Waals surface area contributed by atoms with E-state index in [-0.39, 0.29) is 17.6 Å². The molecule has 1 unspecified atom stereocenters. The smallest absolute Gasteiger partial charge is 0.272 e. The number of carbonyl (C=O) groups excluding carboxylic acids is 1. The first-order valence-electron chi connectivity index (χ1n) is 4.69. The summed E-state index contributed by atoms with van der Waals surface area (Å²) in [4.78, 5) is 23.3. The lowest BCUT2D eigenvalue weighted by Gasteiger charge is -2.09. The van der Waals surface area contributed by atoms with Gasteiger partial charge in [0.15, 0.2) is 0 Å². The number of rotatable bonds is 3. The number of nitrogens with one attached hydrogen (secondary N) is 2. The highest BCUT2D eigenvalue weighted by Gasteiger charge is 2.13. The Bertz CT molecular complexity index is 454. The Morgan fingerprint density at radius 3 is 2.94 bits per heavy atom. The van der Waals surface area contributed by atoms with E-state index in [9.17, 15) is 4.79 Å². The molecule has 1 amide bonds. The Kier molecular flexibility index (Phi) is 2.86. The van der Waals surface area contributed by atoms with E-state index in [1.165, 1.54) is 24.9 Å². The molecule has 82 valence electrons. The lowest BCUT2D eigenvalue weighted by atomic mass is 10.3. The predicted molar refractivity (Wildman–Crippen MR) is 54.3 cm³/mol. The molecule has 2 N–H and O–H groups in total. The molecular formula is C9H10N6O. The Balaban J connectivity index is 2.03. The highest BCUT2D eigenvalue weighted by Crippen LogP contribution is 2.04. The lowest BCUT2D eigenvalue weighted by Crippen LogP contribution is -2.28. The molecule has 0 spiro atoms. The summed E-state index contributed by atoms with van der Waals surface area (Å²) < 4.78 is 0. The number of aromatic amines is 1. The van der Waals surface area contributed by atoms with E-state index in [0.717, 1.165) is 0 Å². The third kappa shape index (κ3) is 2.19. The summed E-state index contributed by atoms with van der Waals surface area (Å²) in [7, 11) is 0. The third-order valence-corrected chi connectivity index (χ3v) is 1.99. The first-order chi connectivity index (χ1) is 7.77. The molecule has 0 aliphatic rings. The van der Waals surface area contributed by atoms with Gasteiger partial charge in [0.2, 0.25) is 0 Å². The van der Waals surface area contributed by atoms with Crippen molar-refractivity contribution < 1.29 is 4.79 Å². The summed E-state index contributed by atoms with van der Waals surface area (Å²) >= 11 is 0. The second-order valence-corrected chi connectivity index (χ2v) is 3.16. The fraction of sp³-hybridized carbons (Fsp3) is 0.222. The number of aromatic nitrogens is 5. The van der Waals surface area contributed by atoms with Gasteiger partial charge >= 0.3 is 0 Å². The van der Waals surface area contributed by atoms with Crippen molar-refractivity contribution in [1.29, 1.82) is 0 Å². The zero-order chi connectivity index (χ0) is 11.4. The number of H-pyrrole nitrogens is 1. The minimum absolute atomic E-state index is 0.253. The van der Waals surface area contributed by atoms with Crippen LogP contribution < -0.4 is 5.32 Å². The fourth-order valence-electron chi connectivity index (χ4n) is 1.18. The first-order valence-corrected chi connectivity index (χ1v) is 4.69. The molecule has 0 aliphatic carbocycles. The average molecular weight is 218 g/mol. The molecule has 7 heteroatoms. The van der Waals surface area contributed by atoms with Crippen LogP contribution in [0.1, 0.15) is 29.3 Å². The summed E-state index contributed by atoms with van der Waals surface area (Å²) in [6.45, 7) is 1.80. The molecular weight excluding hydrogens is 208 g/mol. The minimum atomic E-state index is -0.294. The third-order valence-electron chi connectivity index (χ3n) is 1.99. The molecule has 0 bridgehead atoms. The van der Waals surface area contributed by atoms with Crippen molar-refractivity contribution in [3.8, 4) is 0 Å². The molecule has 1 atom stereocenters. The number of hydrogen-bond acceptors (Lipinski definition) is 5. The van der Waals surface area contributed by atoms with Gasteiger partial charge in [0.25, 0.3) is 5.91 Å². The summed E-state index contributed by atoms with van der Waals surface area (Å²) in [6.07, 6.45) is 5.77. The fourth-order valence-corrected chi connectivity index (χ4v) is 1.18. The van der Waals surface area contributed by atoms with E-state index in [0.29, 0.717) is 5.82 Å². The Hall–Kier alpha value is -2.31. The molecule has 0 aromatic carbocycles. The van der Waals surface area contributed by atoms with E-state index in [1.807, 2.05) is 0 Å². The standard InChI is InChI=1S/C9H10N6O/c1-6(8-12-5-13-15-8)14-9(16)7-4-10-2-3-11-7/h2-6H,1H3,(H,14,16)(H,12,13,15). The van der Waals surface area contributed by atoms with Crippen LogP contribution in [0, 0.1) is 0 Å². The summed E-state index contributed by atoms with van der Waals surface area (Å²) in [5, 5.41) is 9.11. The van der Waals surface area contributed by atoms with Crippen molar-refractivity contribution in [2.75, 3.05) is 0 Å². The number of carbonyl (C=O) groups is 1. The van der Waals surface area contributed by atoms with Crippen LogP contribution in [-0.4, -0.2) is 31.1 Å². The molecule has 2 aromatic rings. The quantitative estimate of drug-likeness (QED) is 0.760. The molecule has 16 heavy (non-hydrogen) atoms. The molecule has 0 aliphatic heterocycles. The summed E-state index contributed by atoms with van der Waals surface area (Å²) in [5.74, 6) is 0.300. The topological polar surface area (TPSA) is 96.5 Å². The normalized spacial score (nSPS) is 12.1. The van der Waals surface area contributed by atoms with Gasteiger partial charge < -0.3 is 5.32 Å². The number of amides is 1. The Labute approximate surface area is 91.4 Å². The van der Waals surface area contributed by atoms with Gasteiger partial charge in [0.05, 0.1) is 12.2 Å². The monoisotopic (exact) mass is 218 g/mol. The van der Waals surface area contributed by atoms with Crippen LogP contribution in [0.25, 0.3) is 0 Å². The maximum atomic E-state index is 11.7. The summed E-state index contributed by atoms with van der Waals surface area (Å²) in [5.41, 5.74) is 0.272. The largest absolute Gasteiger partial charge is 0.341 e. The van der Waals surface area contributed by atoms with E-state index in [1.54, 1.807) is 6.92 Å². The molecule has 0 radical (unpaired) electrons. The van der Waals surface area contributed by atoms with Crippen LogP contribution in [0.3, 0.4) is 0 Å². The average Bonchev–Trinajstić information content (AvgIpc) is 2.83. The zero-order valence-corrected chi connectivity index (χ0v) is 8.58. The van der Waals surface area contributed by atoms with Crippen LogP contribution in [0.4, 0.5) is 0 Å². The van der Waals surface area contributed by atoms with E-state index >= 15 is 0 Å². The molecule has 0 fully saturated rings. The highest BCUT2D eigenvalue weighted by atomic mass is 16.1. The molecule has 0 saturated carbocycles. The molecule has 2 heterocycles. The van der Waals surface area contributed by atoms with E-state index in [4.69, 9.17) is 0 Å². The zero-order valence-electron chi connectivity index (χ0n) is 8.58. The number of nitrogens with zero attached hydrogens (tertiary/aromatic N) is 4. The van der Waals surface area contributed by atoms with Crippen molar-refractivity contribution in [2.24, 2.45) is 0 Å². The molecule has 2 aromatic heterocycles. The Morgan fingerprint density at radius 2 is 2.31 bits per heavy atom. The van der Waals surface area contributed by atoms with Gasteiger partial charge in [-0.3, -0.25) is 14.9 Å². The second kappa shape index (κ2) is 4.47.